The summed E-state index contributed by atoms with van der Waals surface area (Å²) in [6.45, 7) is 4.35. The summed E-state index contributed by atoms with van der Waals surface area (Å²) in [5.74, 6) is 1.24. The summed E-state index contributed by atoms with van der Waals surface area (Å²) >= 11 is 10.0. The van der Waals surface area contributed by atoms with Gasteiger partial charge in [-0.1, -0.05) is 15.9 Å². The summed E-state index contributed by atoms with van der Waals surface area (Å²) in [5.41, 5.74) is 0. The topological polar surface area (TPSA) is 35.1 Å². The Balaban J connectivity index is 1.77. The molecule has 0 aromatic heterocycles. The molecule has 3 rings (SSSR count). The van der Waals surface area contributed by atoms with Gasteiger partial charge in [0.05, 0.1) is 30.4 Å². The van der Waals surface area contributed by atoms with Crippen LogP contribution in [0.25, 0.3) is 0 Å². The number of alkyl halides is 2. The highest BCUT2D eigenvalue weighted by atomic mass is 79.9. The Morgan fingerprint density at radius 1 is 1.30 bits per heavy atom. The summed E-state index contributed by atoms with van der Waals surface area (Å²) in [4.78, 5) is 0. The first kappa shape index (κ1) is 15.5. The van der Waals surface area contributed by atoms with Crippen LogP contribution in [0.3, 0.4) is 0 Å². The summed E-state index contributed by atoms with van der Waals surface area (Å²) in [7, 11) is 1.84. The highest BCUT2D eigenvalue weighted by molar-refractivity contribution is 9.10. The van der Waals surface area contributed by atoms with Crippen LogP contribution in [0, 0.1) is 11.8 Å². The van der Waals surface area contributed by atoms with E-state index in [1.807, 2.05) is 14.0 Å². The predicted molar refractivity (Wildman–Crippen MR) is 83.3 cm³/mol. The Morgan fingerprint density at radius 2 is 2.05 bits per heavy atom. The van der Waals surface area contributed by atoms with Crippen LogP contribution in [0.4, 0.5) is 0 Å². The average molecular weight is 368 g/mol. The molecule has 20 heavy (non-hydrogen) atoms. The van der Waals surface area contributed by atoms with Crippen molar-refractivity contribution in [3.05, 3.63) is 0 Å². The van der Waals surface area contributed by atoms with Gasteiger partial charge in [0, 0.05) is 25.4 Å². The van der Waals surface area contributed by atoms with E-state index in [1.54, 1.807) is 0 Å². The molecule has 0 aromatic carbocycles. The van der Waals surface area contributed by atoms with Crippen LogP contribution in [-0.4, -0.2) is 41.3 Å². The molecular weight excluding hydrogens is 342 g/mol. The third-order valence-electron chi connectivity index (χ3n) is 5.68. The van der Waals surface area contributed by atoms with E-state index in [0.29, 0.717) is 36.1 Å². The molecule has 2 heterocycles. The first-order chi connectivity index (χ1) is 9.40. The van der Waals surface area contributed by atoms with Crippen molar-refractivity contribution in [1.82, 2.24) is 0 Å². The molecule has 0 bridgehead atoms. The lowest BCUT2D eigenvalue weighted by Crippen LogP contribution is -3.00. The lowest BCUT2D eigenvalue weighted by Gasteiger charge is -2.44. The van der Waals surface area contributed by atoms with E-state index >= 15 is 0 Å². The molecule has 0 radical (unpaired) electrons. The molecule has 6 unspecified atom stereocenters. The quantitative estimate of drug-likeness (QED) is 0.760. The molecule has 116 valence electrons. The Labute approximate surface area is 135 Å². The number of hydrogen-bond donors (Lipinski definition) is 1. The van der Waals surface area contributed by atoms with Gasteiger partial charge in [-0.2, -0.15) is 0 Å². The Bertz CT molecular complexity index is 362. The fraction of sp³-hybridized carbons (Fsp3) is 1.00. The summed E-state index contributed by atoms with van der Waals surface area (Å²) in [6, 6.07) is 1.34. The van der Waals surface area contributed by atoms with Crippen LogP contribution in [0.15, 0.2) is 0 Å². The molecule has 0 amide bonds. The molecule has 5 heteroatoms. The number of rotatable bonds is 2. The van der Waals surface area contributed by atoms with E-state index in [1.165, 1.54) is 12.8 Å². The van der Waals surface area contributed by atoms with Crippen molar-refractivity contribution in [1.29, 1.82) is 0 Å². The van der Waals surface area contributed by atoms with E-state index in [-0.39, 0.29) is 6.10 Å². The Kier molecular flexibility index (Phi) is 4.42. The molecule has 3 fully saturated rings. The number of fused-ring (bicyclic) bond motifs is 3. The van der Waals surface area contributed by atoms with Crippen molar-refractivity contribution in [2.75, 3.05) is 7.11 Å². The van der Waals surface area contributed by atoms with E-state index in [4.69, 9.17) is 21.1 Å². The van der Waals surface area contributed by atoms with Gasteiger partial charge in [-0.25, -0.2) is 0 Å². The van der Waals surface area contributed by atoms with Gasteiger partial charge in [0.25, 0.3) is 0 Å². The second kappa shape index (κ2) is 5.69. The molecule has 8 atom stereocenters. The maximum Gasteiger partial charge on any atom is 0.122 e. The van der Waals surface area contributed by atoms with Crippen LogP contribution in [0.1, 0.15) is 39.5 Å². The summed E-state index contributed by atoms with van der Waals surface area (Å²) < 4.78 is 11.6. The number of piperidine rings is 1. The molecule has 3 aliphatic rings. The van der Waals surface area contributed by atoms with E-state index in [2.05, 4.69) is 28.2 Å². The maximum atomic E-state index is 6.44. The van der Waals surface area contributed by atoms with Gasteiger partial charge in [-0.15, -0.1) is 11.6 Å². The predicted octanol–water partition coefficient (Wildman–Crippen LogP) is 2.26. The number of halogens is 2. The van der Waals surface area contributed by atoms with Gasteiger partial charge < -0.3 is 14.8 Å². The highest BCUT2D eigenvalue weighted by Crippen LogP contribution is 2.46. The second-order valence-electron chi connectivity index (χ2n) is 7.00. The van der Waals surface area contributed by atoms with Crippen LogP contribution < -0.4 is 5.32 Å². The van der Waals surface area contributed by atoms with Crippen LogP contribution >= 0.6 is 27.5 Å². The van der Waals surface area contributed by atoms with Gasteiger partial charge in [0.1, 0.15) is 3.78 Å². The standard InChI is InChI=1S/C15H25BrClNO2/c1-8-10-7-13(15(2,16)17)20-14(10)11-6-9(19-3)4-5-12(11)18-8/h8-14,18H,4-7H2,1-3H3/p+1/t8?,9?,10?,11?,12?,13-,14?,15+/m0/s1. The lowest BCUT2D eigenvalue weighted by atomic mass is 9.70. The minimum atomic E-state index is -0.450. The SMILES string of the molecule is COC1CCC2[NH2+]C(C)C3C[C@@H]([C@@](C)(Cl)Br)OC3C2C1. The zero-order chi connectivity index (χ0) is 14.5. The first-order valence-electron chi connectivity index (χ1n) is 7.81. The Morgan fingerprint density at radius 3 is 2.70 bits per heavy atom. The van der Waals surface area contributed by atoms with Gasteiger partial charge in [0.2, 0.25) is 0 Å². The second-order valence-corrected chi connectivity index (χ2v) is 9.88. The van der Waals surface area contributed by atoms with Crippen molar-refractivity contribution in [3.8, 4) is 0 Å². The largest absolute Gasteiger partial charge is 0.381 e. The average Bonchev–Trinajstić information content (AvgIpc) is 2.84. The third-order valence-corrected chi connectivity index (χ3v) is 6.44. The molecular formula is C15H26BrClNO2+. The molecule has 2 N–H and O–H groups in total. The molecule has 2 saturated heterocycles. The third kappa shape index (κ3) is 2.79. The zero-order valence-electron chi connectivity index (χ0n) is 12.5. The fourth-order valence-corrected chi connectivity index (χ4v) is 4.97. The van der Waals surface area contributed by atoms with Crippen molar-refractivity contribution in [3.63, 3.8) is 0 Å². The van der Waals surface area contributed by atoms with Crippen LogP contribution in [0.2, 0.25) is 0 Å². The van der Waals surface area contributed by atoms with Crippen molar-refractivity contribution in [2.24, 2.45) is 11.8 Å². The van der Waals surface area contributed by atoms with E-state index in [9.17, 15) is 0 Å². The molecule has 0 aromatic rings. The highest BCUT2D eigenvalue weighted by Gasteiger charge is 2.55. The van der Waals surface area contributed by atoms with Gasteiger partial charge in [-0.05, 0) is 33.1 Å². The summed E-state index contributed by atoms with van der Waals surface area (Å²) in [5, 5.41) is 2.59. The fourth-order valence-electron chi connectivity index (χ4n) is 4.54. The number of nitrogens with two attached hydrogens (primary N) is 1. The number of hydrogen-bond acceptors (Lipinski definition) is 2. The minimum Gasteiger partial charge on any atom is -0.381 e. The maximum absolute atomic E-state index is 6.44. The number of ether oxygens (including phenoxy) is 2. The first-order valence-corrected chi connectivity index (χ1v) is 8.98. The normalized spacial score (nSPS) is 51.1. The monoisotopic (exact) mass is 366 g/mol. The molecule has 1 saturated carbocycles. The molecule has 0 spiro atoms. The molecule has 2 aliphatic heterocycles. The molecule has 3 nitrogen and oxygen atoms in total. The van der Waals surface area contributed by atoms with Gasteiger partial charge in [-0.3, -0.25) is 0 Å². The van der Waals surface area contributed by atoms with E-state index in [0.717, 1.165) is 12.8 Å². The number of methoxy groups -OCH3 is 1. The van der Waals surface area contributed by atoms with E-state index < -0.39 is 3.78 Å². The zero-order valence-corrected chi connectivity index (χ0v) is 14.9. The minimum absolute atomic E-state index is 0.108. The smallest absolute Gasteiger partial charge is 0.122 e. The van der Waals surface area contributed by atoms with Gasteiger partial charge in [0.15, 0.2) is 0 Å². The Hall–Kier alpha value is 0.650. The molecule has 1 aliphatic carbocycles. The van der Waals surface area contributed by atoms with Crippen LogP contribution in [0.5, 0.6) is 0 Å². The summed E-state index contributed by atoms with van der Waals surface area (Å²) in [6.07, 6.45) is 5.52. The van der Waals surface area contributed by atoms with Crippen molar-refractivity contribution in [2.45, 2.75) is 73.7 Å². The number of quaternary nitrogens is 1. The van der Waals surface area contributed by atoms with Gasteiger partial charge >= 0.3 is 0 Å². The van der Waals surface area contributed by atoms with Crippen molar-refractivity contribution < 1.29 is 14.8 Å². The van der Waals surface area contributed by atoms with Crippen LogP contribution in [-0.2, 0) is 9.47 Å². The van der Waals surface area contributed by atoms with Crippen molar-refractivity contribution >= 4 is 27.5 Å². The lowest BCUT2D eigenvalue weighted by molar-refractivity contribution is -0.745.